The third kappa shape index (κ3) is 3.63. The molecule has 2 atom stereocenters. The van der Waals surface area contributed by atoms with Gasteiger partial charge in [0.15, 0.2) is 5.54 Å². The molecule has 0 saturated heterocycles. The maximum absolute atomic E-state index is 15.6. The molecule has 1 aromatic heterocycles. The van der Waals surface area contributed by atoms with Crippen LogP contribution >= 0.6 is 22.6 Å². The Labute approximate surface area is 191 Å². The fraction of sp³-hybridized carbons (Fsp3) is 0.429. The molecule has 0 saturated carbocycles. The van der Waals surface area contributed by atoms with Crippen molar-refractivity contribution < 1.29 is 22.6 Å². The normalized spacial score (nSPS) is 26.4. The Balaban J connectivity index is 1.74. The van der Waals surface area contributed by atoms with Crippen LogP contribution in [-0.2, 0) is 10.3 Å². The average Bonchev–Trinajstić information content (AvgIpc) is 3.06. The van der Waals surface area contributed by atoms with E-state index in [0.29, 0.717) is 23.7 Å². The summed E-state index contributed by atoms with van der Waals surface area (Å²) in [6, 6.07) is 5.53. The molecule has 2 aliphatic heterocycles. The van der Waals surface area contributed by atoms with Crippen molar-refractivity contribution in [3.63, 3.8) is 0 Å². The summed E-state index contributed by atoms with van der Waals surface area (Å²) in [6.07, 6.45) is 1.71. The predicted octanol–water partition coefficient (Wildman–Crippen LogP) is 4.39. The molecule has 31 heavy (non-hydrogen) atoms. The molecule has 0 fully saturated rings. The number of benzene rings is 1. The van der Waals surface area contributed by atoms with E-state index in [9.17, 15) is 4.39 Å². The van der Waals surface area contributed by atoms with Crippen molar-refractivity contribution in [3.8, 4) is 5.75 Å². The van der Waals surface area contributed by atoms with Gasteiger partial charge in [-0.15, -0.1) is 0 Å². The number of nitrogens with zero attached hydrogens (tertiary/aromatic N) is 2. The summed E-state index contributed by atoms with van der Waals surface area (Å²) in [5.41, 5.74) is 2.48. The summed E-state index contributed by atoms with van der Waals surface area (Å²) < 4.78 is 58.0. The van der Waals surface area contributed by atoms with Crippen molar-refractivity contribution in [2.75, 3.05) is 18.5 Å². The molecule has 2 aromatic rings. The molecule has 1 aromatic carbocycles. The zero-order valence-electron chi connectivity index (χ0n) is 17.2. The molecule has 0 spiro atoms. The van der Waals surface area contributed by atoms with Crippen molar-refractivity contribution in [3.05, 3.63) is 51.1 Å². The first-order valence-corrected chi connectivity index (χ1v) is 10.7. The summed E-state index contributed by atoms with van der Waals surface area (Å²) >= 11 is 2.14. The number of hydrogen-bond donors (Lipinski definition) is 2. The van der Waals surface area contributed by atoms with E-state index in [0.717, 1.165) is 9.64 Å². The SMILES string of the molecule is CC1(C)OCC(N)=N[C@](C)(c2cc(NC3COc4cc(I)cnc43)ccc2F)C1(F)F. The lowest BCUT2D eigenvalue weighted by Gasteiger charge is -2.42. The van der Waals surface area contributed by atoms with Crippen LogP contribution in [0, 0.1) is 9.39 Å². The number of hydrogen-bond acceptors (Lipinski definition) is 6. The number of aromatic nitrogens is 1. The van der Waals surface area contributed by atoms with E-state index in [1.807, 2.05) is 6.07 Å². The lowest BCUT2D eigenvalue weighted by molar-refractivity contribution is -0.214. The predicted molar refractivity (Wildman–Crippen MR) is 119 cm³/mol. The van der Waals surface area contributed by atoms with Crippen LogP contribution in [0.1, 0.15) is 38.1 Å². The molecule has 10 heteroatoms. The molecule has 6 nitrogen and oxygen atoms in total. The zero-order chi connectivity index (χ0) is 22.6. The number of anilines is 1. The quantitative estimate of drug-likeness (QED) is 0.559. The molecular formula is C21H22F3IN4O2. The monoisotopic (exact) mass is 546 g/mol. The fourth-order valence-electron chi connectivity index (χ4n) is 3.91. The van der Waals surface area contributed by atoms with Crippen molar-refractivity contribution in [2.45, 2.75) is 43.9 Å². The van der Waals surface area contributed by atoms with Crippen LogP contribution in [0.15, 0.2) is 35.5 Å². The Hall–Kier alpha value is -2.08. The second-order valence-electron chi connectivity index (χ2n) is 8.29. The van der Waals surface area contributed by atoms with Crippen LogP contribution in [0.25, 0.3) is 0 Å². The zero-order valence-corrected chi connectivity index (χ0v) is 19.3. The van der Waals surface area contributed by atoms with E-state index < -0.39 is 22.9 Å². The first-order valence-electron chi connectivity index (χ1n) is 9.65. The third-order valence-electron chi connectivity index (χ3n) is 5.73. The van der Waals surface area contributed by atoms with Crippen LogP contribution in [0.4, 0.5) is 18.9 Å². The molecule has 2 aliphatic rings. The van der Waals surface area contributed by atoms with Gasteiger partial charge in [0.05, 0.1) is 0 Å². The smallest absolute Gasteiger partial charge is 0.304 e. The minimum absolute atomic E-state index is 0.123. The Morgan fingerprint density at radius 1 is 1.23 bits per heavy atom. The Bertz CT molecular complexity index is 1060. The number of pyridine rings is 1. The van der Waals surface area contributed by atoms with Gasteiger partial charge in [-0.1, -0.05) is 0 Å². The molecule has 3 heterocycles. The summed E-state index contributed by atoms with van der Waals surface area (Å²) in [6.45, 7) is 3.72. The van der Waals surface area contributed by atoms with Gasteiger partial charge in [0, 0.05) is 21.0 Å². The second kappa shape index (κ2) is 7.51. The molecule has 3 N–H and O–H groups in total. The molecule has 0 aliphatic carbocycles. The molecule has 0 amide bonds. The van der Waals surface area contributed by atoms with Crippen molar-refractivity contribution >= 4 is 34.1 Å². The number of nitrogens with one attached hydrogen (secondary N) is 1. The number of rotatable bonds is 3. The maximum Gasteiger partial charge on any atom is 0.304 e. The Kier molecular flexibility index (Phi) is 5.36. The molecule has 4 rings (SSSR count). The standard InChI is InChI=1S/C21H22F3IN4O2/c1-19(2)21(23,24)20(3,29-17(26)10-31-19)13-7-12(4-5-14(13)22)28-15-9-30-16-6-11(25)8-27-18(15)16/h4-8,15,28H,9-10H2,1-3H3,(H2,26,29)/t15?,20-/m1/s1. The fourth-order valence-corrected chi connectivity index (χ4v) is 4.33. The molecule has 0 bridgehead atoms. The van der Waals surface area contributed by atoms with Crippen molar-refractivity contribution in [2.24, 2.45) is 10.7 Å². The summed E-state index contributed by atoms with van der Waals surface area (Å²) in [7, 11) is 0. The number of alkyl halides is 2. The first kappa shape index (κ1) is 22.1. The number of nitrogens with two attached hydrogens (primary N) is 1. The lowest BCUT2D eigenvalue weighted by atomic mass is 9.78. The maximum atomic E-state index is 15.6. The topological polar surface area (TPSA) is 81.8 Å². The minimum atomic E-state index is -3.55. The Morgan fingerprint density at radius 2 is 1.97 bits per heavy atom. The van der Waals surface area contributed by atoms with Gasteiger partial charge in [-0.25, -0.2) is 13.2 Å². The van der Waals surface area contributed by atoms with Crippen molar-refractivity contribution in [1.82, 2.24) is 4.98 Å². The van der Waals surface area contributed by atoms with Crippen LogP contribution < -0.4 is 15.8 Å². The first-order chi connectivity index (χ1) is 14.4. The highest BCUT2D eigenvalue weighted by Gasteiger charge is 2.64. The lowest BCUT2D eigenvalue weighted by Crippen LogP contribution is -2.56. The minimum Gasteiger partial charge on any atom is -0.489 e. The summed E-state index contributed by atoms with van der Waals surface area (Å²) in [4.78, 5) is 8.42. The number of halogens is 4. The summed E-state index contributed by atoms with van der Waals surface area (Å²) in [5.74, 6) is -3.83. The highest BCUT2D eigenvalue weighted by molar-refractivity contribution is 14.1. The second-order valence-corrected chi connectivity index (χ2v) is 9.53. The highest BCUT2D eigenvalue weighted by Crippen LogP contribution is 2.51. The number of amidine groups is 1. The van der Waals surface area contributed by atoms with Gasteiger partial charge in [0.25, 0.3) is 0 Å². The number of ether oxygens (including phenoxy) is 2. The van der Waals surface area contributed by atoms with E-state index in [1.54, 1.807) is 6.20 Å². The molecule has 0 radical (unpaired) electrons. The summed E-state index contributed by atoms with van der Waals surface area (Å²) in [5, 5.41) is 3.20. The van der Waals surface area contributed by atoms with E-state index in [-0.39, 0.29) is 24.0 Å². The third-order valence-corrected chi connectivity index (χ3v) is 6.32. The van der Waals surface area contributed by atoms with E-state index >= 15 is 8.78 Å². The average molecular weight is 546 g/mol. The van der Waals surface area contributed by atoms with Crippen molar-refractivity contribution in [1.29, 1.82) is 0 Å². The number of fused-ring (bicyclic) bond motifs is 1. The van der Waals surface area contributed by atoms with E-state index in [1.165, 1.54) is 32.9 Å². The highest BCUT2D eigenvalue weighted by atomic mass is 127. The van der Waals surface area contributed by atoms with Gasteiger partial charge in [-0.3, -0.25) is 9.98 Å². The largest absolute Gasteiger partial charge is 0.489 e. The van der Waals surface area contributed by atoms with E-state index in [4.69, 9.17) is 15.2 Å². The molecule has 166 valence electrons. The van der Waals surface area contributed by atoms with Gasteiger partial charge in [0.1, 0.15) is 48.0 Å². The van der Waals surface area contributed by atoms with Gasteiger partial charge < -0.3 is 20.5 Å². The molecule has 1 unspecified atom stereocenters. The van der Waals surface area contributed by atoms with Crippen LogP contribution in [0.3, 0.4) is 0 Å². The van der Waals surface area contributed by atoms with Crippen LogP contribution in [0.2, 0.25) is 0 Å². The number of aliphatic imine (C=N–C) groups is 1. The van der Waals surface area contributed by atoms with Gasteiger partial charge >= 0.3 is 5.92 Å². The van der Waals surface area contributed by atoms with Crippen LogP contribution in [0.5, 0.6) is 5.75 Å². The van der Waals surface area contributed by atoms with Crippen LogP contribution in [-0.4, -0.2) is 35.6 Å². The van der Waals surface area contributed by atoms with E-state index in [2.05, 4.69) is 37.9 Å². The van der Waals surface area contributed by atoms with Gasteiger partial charge in [-0.2, -0.15) is 0 Å². The van der Waals surface area contributed by atoms with Gasteiger partial charge in [0.2, 0.25) is 0 Å². The Morgan fingerprint density at radius 3 is 2.71 bits per heavy atom. The molecular weight excluding hydrogens is 524 g/mol. The van der Waals surface area contributed by atoms with Gasteiger partial charge in [-0.05, 0) is 67.6 Å².